The van der Waals surface area contributed by atoms with Gasteiger partial charge in [-0.2, -0.15) is 0 Å². The molecule has 9 heteroatoms. The topological polar surface area (TPSA) is 90.5 Å². The Morgan fingerprint density at radius 3 is 2.77 bits per heavy atom. The molecule has 152 valence electrons. The number of amides is 1. The molecule has 0 unspecified atom stereocenters. The zero-order valence-electron chi connectivity index (χ0n) is 16.1. The van der Waals surface area contributed by atoms with Crippen LogP contribution in [0.1, 0.15) is 11.1 Å². The summed E-state index contributed by atoms with van der Waals surface area (Å²) in [5, 5.41) is 7.52. The summed E-state index contributed by atoms with van der Waals surface area (Å²) in [6, 6.07) is 14.6. The average Bonchev–Trinajstić information content (AvgIpc) is 3.04. The van der Waals surface area contributed by atoms with E-state index in [-0.39, 0.29) is 24.0 Å². The molecule has 4 rings (SSSR count). The van der Waals surface area contributed by atoms with E-state index in [1.165, 1.54) is 16.8 Å². The van der Waals surface area contributed by atoms with E-state index in [0.29, 0.717) is 17.3 Å². The quantitative estimate of drug-likeness (QED) is 0.515. The third-order valence-electron chi connectivity index (χ3n) is 4.38. The molecule has 8 nitrogen and oxygen atoms in total. The summed E-state index contributed by atoms with van der Waals surface area (Å²) in [6.45, 7) is 2.15. The summed E-state index contributed by atoms with van der Waals surface area (Å²) < 4.78 is 8.08. The van der Waals surface area contributed by atoms with Crippen molar-refractivity contribution in [3.63, 3.8) is 0 Å². The standard InChI is InChI=1S/C21H18ClN5O3/c1-14-5-7-15(8-6-14)12-24-18(28)13-27-21(29)26-10-9-23-20(19(26)25-27)30-17-4-2-3-16(22)11-17/h2-11H,12-13H2,1H3,(H,24,28). The fourth-order valence-electron chi connectivity index (χ4n) is 2.84. The summed E-state index contributed by atoms with van der Waals surface area (Å²) in [6.07, 6.45) is 2.90. The highest BCUT2D eigenvalue weighted by Crippen LogP contribution is 2.24. The maximum atomic E-state index is 12.6. The van der Waals surface area contributed by atoms with Gasteiger partial charge in [0.05, 0.1) is 0 Å². The number of carbonyl (C=O) groups excluding carboxylic acids is 1. The van der Waals surface area contributed by atoms with Crippen LogP contribution in [0.2, 0.25) is 5.02 Å². The van der Waals surface area contributed by atoms with E-state index < -0.39 is 5.69 Å². The minimum absolute atomic E-state index is 0.135. The molecule has 0 aliphatic carbocycles. The largest absolute Gasteiger partial charge is 0.436 e. The Balaban J connectivity index is 1.52. The SMILES string of the molecule is Cc1ccc(CNC(=O)Cn2nc3c(Oc4cccc(Cl)c4)nccn3c2=O)cc1. The number of rotatable bonds is 6. The molecular weight excluding hydrogens is 406 g/mol. The fraction of sp³-hybridized carbons (Fsp3) is 0.143. The second-order valence-corrected chi connectivity index (χ2v) is 7.12. The number of halogens is 1. The first-order chi connectivity index (χ1) is 14.5. The molecule has 0 radical (unpaired) electrons. The van der Waals surface area contributed by atoms with Gasteiger partial charge in [0.2, 0.25) is 11.6 Å². The van der Waals surface area contributed by atoms with Crippen molar-refractivity contribution in [2.45, 2.75) is 20.0 Å². The number of fused-ring (bicyclic) bond motifs is 1. The molecule has 0 fully saturated rings. The van der Waals surface area contributed by atoms with Gasteiger partial charge in [-0.25, -0.2) is 18.9 Å². The first kappa shape index (κ1) is 19.7. The number of benzene rings is 2. The predicted molar refractivity (Wildman–Crippen MR) is 112 cm³/mol. The zero-order chi connectivity index (χ0) is 21.1. The van der Waals surface area contributed by atoms with Gasteiger partial charge in [-0.05, 0) is 30.7 Å². The Hall–Kier alpha value is -3.65. The van der Waals surface area contributed by atoms with Crippen LogP contribution in [-0.4, -0.2) is 25.1 Å². The second-order valence-electron chi connectivity index (χ2n) is 6.69. The van der Waals surface area contributed by atoms with Gasteiger partial charge in [-0.3, -0.25) is 4.79 Å². The van der Waals surface area contributed by atoms with Crippen LogP contribution in [0.25, 0.3) is 5.65 Å². The van der Waals surface area contributed by atoms with E-state index in [9.17, 15) is 9.59 Å². The second kappa shape index (κ2) is 8.38. The number of carbonyl (C=O) groups is 1. The summed E-state index contributed by atoms with van der Waals surface area (Å²) in [5.41, 5.74) is 1.85. The van der Waals surface area contributed by atoms with Crippen molar-refractivity contribution in [3.8, 4) is 11.6 Å². The van der Waals surface area contributed by atoms with E-state index in [1.54, 1.807) is 24.3 Å². The number of hydrogen-bond donors (Lipinski definition) is 1. The Kier molecular flexibility index (Phi) is 5.49. The van der Waals surface area contributed by atoms with E-state index >= 15 is 0 Å². The summed E-state index contributed by atoms with van der Waals surface area (Å²) in [5.74, 6) is 0.267. The number of nitrogens with one attached hydrogen (secondary N) is 1. The number of aryl methyl sites for hydroxylation is 1. The Morgan fingerprint density at radius 1 is 1.20 bits per heavy atom. The molecule has 2 aromatic carbocycles. The lowest BCUT2D eigenvalue weighted by Gasteiger charge is -2.05. The lowest BCUT2D eigenvalue weighted by Crippen LogP contribution is -2.32. The van der Waals surface area contributed by atoms with Crippen LogP contribution in [0, 0.1) is 6.92 Å². The zero-order valence-corrected chi connectivity index (χ0v) is 16.8. The van der Waals surface area contributed by atoms with Gasteiger partial charge >= 0.3 is 5.69 Å². The molecule has 1 amide bonds. The number of ether oxygens (including phenoxy) is 1. The summed E-state index contributed by atoms with van der Waals surface area (Å²) in [4.78, 5) is 29.1. The molecule has 0 spiro atoms. The van der Waals surface area contributed by atoms with Crippen LogP contribution in [-0.2, 0) is 17.9 Å². The van der Waals surface area contributed by atoms with Crippen molar-refractivity contribution < 1.29 is 9.53 Å². The molecule has 2 heterocycles. The molecule has 2 aromatic heterocycles. The maximum Gasteiger partial charge on any atom is 0.351 e. The van der Waals surface area contributed by atoms with Crippen molar-refractivity contribution in [3.05, 3.63) is 87.6 Å². The van der Waals surface area contributed by atoms with Gasteiger partial charge in [0.25, 0.3) is 5.88 Å². The number of hydrogen-bond acceptors (Lipinski definition) is 5. The molecule has 0 aliphatic rings. The minimum Gasteiger partial charge on any atom is -0.436 e. The fourth-order valence-corrected chi connectivity index (χ4v) is 3.02. The van der Waals surface area contributed by atoms with Crippen LogP contribution in [0.15, 0.2) is 65.7 Å². The van der Waals surface area contributed by atoms with Gasteiger partial charge < -0.3 is 10.1 Å². The van der Waals surface area contributed by atoms with Crippen molar-refractivity contribution >= 4 is 23.2 Å². The van der Waals surface area contributed by atoms with Gasteiger partial charge in [0, 0.05) is 24.0 Å². The molecule has 0 atom stereocenters. The van der Waals surface area contributed by atoms with Crippen molar-refractivity contribution in [1.82, 2.24) is 24.5 Å². The average molecular weight is 424 g/mol. The van der Waals surface area contributed by atoms with Crippen molar-refractivity contribution in [2.24, 2.45) is 0 Å². The molecule has 0 aliphatic heterocycles. The third kappa shape index (κ3) is 4.33. The smallest absolute Gasteiger partial charge is 0.351 e. The van der Waals surface area contributed by atoms with Gasteiger partial charge in [-0.1, -0.05) is 47.5 Å². The number of nitrogens with zero attached hydrogens (tertiary/aromatic N) is 4. The van der Waals surface area contributed by atoms with E-state index in [2.05, 4.69) is 15.4 Å². The van der Waals surface area contributed by atoms with Crippen LogP contribution in [0.3, 0.4) is 0 Å². The van der Waals surface area contributed by atoms with Crippen LogP contribution in [0.4, 0.5) is 0 Å². The monoisotopic (exact) mass is 423 g/mol. The van der Waals surface area contributed by atoms with Gasteiger partial charge in [0.1, 0.15) is 12.3 Å². The van der Waals surface area contributed by atoms with Crippen molar-refractivity contribution in [2.75, 3.05) is 0 Å². The van der Waals surface area contributed by atoms with Gasteiger partial charge in [-0.15, -0.1) is 5.10 Å². The third-order valence-corrected chi connectivity index (χ3v) is 4.62. The molecule has 0 saturated carbocycles. The van der Waals surface area contributed by atoms with Crippen molar-refractivity contribution in [1.29, 1.82) is 0 Å². The number of aromatic nitrogens is 4. The van der Waals surface area contributed by atoms with Crippen LogP contribution >= 0.6 is 11.6 Å². The first-order valence-corrected chi connectivity index (χ1v) is 9.57. The maximum absolute atomic E-state index is 12.6. The Morgan fingerprint density at radius 2 is 2.00 bits per heavy atom. The highest BCUT2D eigenvalue weighted by atomic mass is 35.5. The van der Waals surface area contributed by atoms with E-state index in [0.717, 1.165) is 15.8 Å². The van der Waals surface area contributed by atoms with Gasteiger partial charge in [0.15, 0.2) is 0 Å². The lowest BCUT2D eigenvalue weighted by molar-refractivity contribution is -0.122. The highest BCUT2D eigenvalue weighted by molar-refractivity contribution is 6.30. The molecule has 4 aromatic rings. The van der Waals surface area contributed by atoms with E-state index in [4.69, 9.17) is 16.3 Å². The molecule has 0 bridgehead atoms. The Bertz CT molecular complexity index is 1260. The first-order valence-electron chi connectivity index (χ1n) is 9.19. The normalized spacial score (nSPS) is 10.9. The van der Waals surface area contributed by atoms with Crippen LogP contribution in [0.5, 0.6) is 11.6 Å². The van der Waals surface area contributed by atoms with E-state index in [1.807, 2.05) is 31.2 Å². The highest BCUT2D eigenvalue weighted by Gasteiger charge is 2.15. The summed E-state index contributed by atoms with van der Waals surface area (Å²) >= 11 is 5.98. The Labute approximate surface area is 176 Å². The van der Waals surface area contributed by atoms with Crippen LogP contribution < -0.4 is 15.7 Å². The predicted octanol–water partition coefficient (Wildman–Crippen LogP) is 2.96. The lowest BCUT2D eigenvalue weighted by atomic mass is 10.1. The minimum atomic E-state index is -0.464. The molecule has 30 heavy (non-hydrogen) atoms. The molecular formula is C21H18ClN5O3. The molecule has 1 N–H and O–H groups in total. The molecule has 0 saturated heterocycles. The summed E-state index contributed by atoms with van der Waals surface area (Å²) in [7, 11) is 0.